The number of hydrogen-bond donors (Lipinski definition) is 1. The van der Waals surface area contributed by atoms with Gasteiger partial charge in [-0.2, -0.15) is 5.10 Å². The number of hydrogen-bond acceptors (Lipinski definition) is 2. The highest BCUT2D eigenvalue weighted by Crippen LogP contribution is 2.26. The van der Waals surface area contributed by atoms with Gasteiger partial charge in [-0.3, -0.25) is 9.48 Å². The second-order valence-electron chi connectivity index (χ2n) is 5.31. The molecule has 0 fully saturated rings. The van der Waals surface area contributed by atoms with Crippen LogP contribution in [0.4, 0.5) is 0 Å². The third-order valence-corrected chi connectivity index (χ3v) is 4.34. The molecule has 1 amide bonds. The van der Waals surface area contributed by atoms with Gasteiger partial charge in [0.05, 0.1) is 12.2 Å². The van der Waals surface area contributed by atoms with E-state index in [0.717, 1.165) is 22.5 Å². The number of nitrogens with zero attached hydrogens (tertiary/aromatic N) is 2. The Morgan fingerprint density at radius 3 is 2.62 bits per heavy atom. The van der Waals surface area contributed by atoms with Gasteiger partial charge in [0.2, 0.25) is 5.91 Å². The molecule has 0 spiro atoms. The fourth-order valence-electron chi connectivity index (χ4n) is 2.33. The first kappa shape index (κ1) is 18.3. The van der Waals surface area contributed by atoms with E-state index in [1.165, 1.54) is 6.08 Å². The third kappa shape index (κ3) is 4.28. The van der Waals surface area contributed by atoms with Gasteiger partial charge >= 0.3 is 0 Å². The van der Waals surface area contributed by atoms with Crippen LogP contribution in [0.15, 0.2) is 36.9 Å². The first-order valence-electron chi connectivity index (χ1n) is 7.47. The van der Waals surface area contributed by atoms with Crippen LogP contribution in [0.5, 0.6) is 0 Å². The molecule has 1 heterocycles. The average molecular weight is 364 g/mol. The minimum atomic E-state index is -0.171. The molecule has 0 saturated carbocycles. The first-order chi connectivity index (χ1) is 11.4. The SMILES string of the molecule is C=CCNC(=O)/C=C/c1c(C)nn(Cc2c(Cl)cccc2Cl)c1C. The van der Waals surface area contributed by atoms with Crippen molar-refractivity contribution in [3.05, 3.63) is 69.5 Å². The summed E-state index contributed by atoms with van der Waals surface area (Å²) in [6.07, 6.45) is 4.89. The van der Waals surface area contributed by atoms with E-state index in [9.17, 15) is 4.79 Å². The highest BCUT2D eigenvalue weighted by Gasteiger charge is 2.13. The predicted octanol–water partition coefficient (Wildman–Crippen LogP) is 4.17. The molecule has 24 heavy (non-hydrogen) atoms. The van der Waals surface area contributed by atoms with Crippen molar-refractivity contribution in [2.75, 3.05) is 6.54 Å². The zero-order valence-corrected chi connectivity index (χ0v) is 15.2. The van der Waals surface area contributed by atoms with Gasteiger partial charge in [-0.15, -0.1) is 6.58 Å². The number of halogens is 2. The van der Waals surface area contributed by atoms with E-state index in [1.807, 2.05) is 24.6 Å². The van der Waals surface area contributed by atoms with Crippen LogP contribution < -0.4 is 5.32 Å². The summed E-state index contributed by atoms with van der Waals surface area (Å²) in [5.74, 6) is -0.171. The maximum absolute atomic E-state index is 11.7. The van der Waals surface area contributed by atoms with Crippen LogP contribution in [0.25, 0.3) is 6.08 Å². The van der Waals surface area contributed by atoms with Crippen LogP contribution in [0.3, 0.4) is 0 Å². The van der Waals surface area contributed by atoms with Gasteiger partial charge < -0.3 is 5.32 Å². The van der Waals surface area contributed by atoms with Gasteiger partial charge in [0, 0.05) is 39.5 Å². The summed E-state index contributed by atoms with van der Waals surface area (Å²) >= 11 is 12.5. The highest BCUT2D eigenvalue weighted by atomic mass is 35.5. The molecule has 6 heteroatoms. The fourth-order valence-corrected chi connectivity index (χ4v) is 2.85. The standard InChI is InChI=1S/C18H19Cl2N3O/c1-4-10-21-18(24)9-8-14-12(2)22-23(13(14)3)11-15-16(19)6-5-7-17(15)20/h4-9H,1,10-11H2,2-3H3,(H,21,24)/b9-8+. The smallest absolute Gasteiger partial charge is 0.244 e. The van der Waals surface area contributed by atoms with E-state index in [0.29, 0.717) is 23.1 Å². The van der Waals surface area contributed by atoms with Crippen LogP contribution in [-0.4, -0.2) is 22.2 Å². The number of aryl methyl sites for hydroxylation is 1. The van der Waals surface area contributed by atoms with Crippen LogP contribution in [0.1, 0.15) is 22.5 Å². The van der Waals surface area contributed by atoms with Crippen molar-refractivity contribution in [1.29, 1.82) is 0 Å². The average Bonchev–Trinajstić information content (AvgIpc) is 2.81. The lowest BCUT2D eigenvalue weighted by atomic mass is 10.1. The largest absolute Gasteiger partial charge is 0.349 e. The molecular weight excluding hydrogens is 345 g/mol. The zero-order chi connectivity index (χ0) is 17.7. The van der Waals surface area contributed by atoms with Gasteiger partial charge in [-0.05, 0) is 32.1 Å². The summed E-state index contributed by atoms with van der Waals surface area (Å²) in [4.78, 5) is 11.7. The number of benzene rings is 1. The molecule has 126 valence electrons. The van der Waals surface area contributed by atoms with E-state index in [2.05, 4.69) is 17.0 Å². The van der Waals surface area contributed by atoms with Gasteiger partial charge in [0.15, 0.2) is 0 Å². The lowest BCUT2D eigenvalue weighted by Gasteiger charge is -2.09. The number of carbonyl (C=O) groups is 1. The third-order valence-electron chi connectivity index (χ3n) is 3.63. The molecule has 0 bridgehead atoms. The summed E-state index contributed by atoms with van der Waals surface area (Å²) in [7, 11) is 0. The topological polar surface area (TPSA) is 46.9 Å². The Labute approximate surface area is 151 Å². The van der Waals surface area contributed by atoms with E-state index >= 15 is 0 Å². The van der Waals surface area contributed by atoms with Crippen LogP contribution in [0.2, 0.25) is 10.0 Å². The van der Waals surface area contributed by atoms with Crippen molar-refractivity contribution in [1.82, 2.24) is 15.1 Å². The molecule has 2 rings (SSSR count). The van der Waals surface area contributed by atoms with Crippen molar-refractivity contribution >= 4 is 35.2 Å². The van der Waals surface area contributed by atoms with Gasteiger partial charge in [0.1, 0.15) is 0 Å². The molecule has 0 aliphatic carbocycles. The molecule has 0 saturated heterocycles. The second kappa shape index (κ2) is 8.18. The molecule has 0 aliphatic rings. The molecular formula is C18H19Cl2N3O. The summed E-state index contributed by atoms with van der Waals surface area (Å²) in [6, 6.07) is 5.42. The normalized spacial score (nSPS) is 11.0. The van der Waals surface area contributed by atoms with Crippen molar-refractivity contribution in [3.63, 3.8) is 0 Å². The monoisotopic (exact) mass is 363 g/mol. The summed E-state index contributed by atoms with van der Waals surface area (Å²) < 4.78 is 1.84. The Kier molecular flexibility index (Phi) is 6.23. The molecule has 4 nitrogen and oxygen atoms in total. The summed E-state index contributed by atoms with van der Waals surface area (Å²) in [6.45, 7) is 8.32. The van der Waals surface area contributed by atoms with Crippen molar-refractivity contribution in [2.24, 2.45) is 0 Å². The summed E-state index contributed by atoms with van der Waals surface area (Å²) in [5.41, 5.74) is 3.51. The number of nitrogens with one attached hydrogen (secondary N) is 1. The molecule has 0 radical (unpaired) electrons. The Hall–Kier alpha value is -2.04. The lowest BCUT2D eigenvalue weighted by molar-refractivity contribution is -0.116. The highest BCUT2D eigenvalue weighted by molar-refractivity contribution is 6.35. The second-order valence-corrected chi connectivity index (χ2v) is 6.12. The quantitative estimate of drug-likeness (QED) is 0.618. The Morgan fingerprint density at radius 2 is 2.00 bits per heavy atom. The van der Waals surface area contributed by atoms with E-state index in [1.54, 1.807) is 24.3 Å². The molecule has 2 aromatic rings. The van der Waals surface area contributed by atoms with Crippen LogP contribution in [0, 0.1) is 13.8 Å². The number of carbonyl (C=O) groups excluding carboxylic acids is 1. The Bertz CT molecular complexity index is 774. The van der Waals surface area contributed by atoms with E-state index in [4.69, 9.17) is 23.2 Å². The van der Waals surface area contributed by atoms with Gasteiger partial charge in [-0.25, -0.2) is 0 Å². The predicted molar refractivity (Wildman–Crippen MR) is 99.5 cm³/mol. The zero-order valence-electron chi connectivity index (χ0n) is 13.6. The Morgan fingerprint density at radius 1 is 1.33 bits per heavy atom. The maximum atomic E-state index is 11.7. The molecule has 0 atom stereocenters. The number of aromatic nitrogens is 2. The minimum Gasteiger partial charge on any atom is -0.349 e. The van der Waals surface area contributed by atoms with Crippen molar-refractivity contribution in [2.45, 2.75) is 20.4 Å². The molecule has 0 unspecified atom stereocenters. The van der Waals surface area contributed by atoms with Crippen molar-refractivity contribution < 1.29 is 4.79 Å². The van der Waals surface area contributed by atoms with Gasteiger partial charge in [-0.1, -0.05) is 35.3 Å². The molecule has 1 N–H and O–H groups in total. The van der Waals surface area contributed by atoms with Crippen LogP contribution in [-0.2, 0) is 11.3 Å². The minimum absolute atomic E-state index is 0.171. The molecule has 1 aromatic heterocycles. The van der Waals surface area contributed by atoms with Gasteiger partial charge in [0.25, 0.3) is 0 Å². The van der Waals surface area contributed by atoms with Crippen LogP contribution >= 0.6 is 23.2 Å². The maximum Gasteiger partial charge on any atom is 0.244 e. The fraction of sp³-hybridized carbons (Fsp3) is 0.222. The van der Waals surface area contributed by atoms with Crippen molar-refractivity contribution in [3.8, 4) is 0 Å². The Balaban J connectivity index is 2.24. The summed E-state index contributed by atoms with van der Waals surface area (Å²) in [5, 5.41) is 8.44. The number of rotatable bonds is 6. The first-order valence-corrected chi connectivity index (χ1v) is 8.23. The molecule has 1 aromatic carbocycles. The van der Waals surface area contributed by atoms with E-state index < -0.39 is 0 Å². The molecule has 0 aliphatic heterocycles. The van der Waals surface area contributed by atoms with E-state index in [-0.39, 0.29) is 5.91 Å². The number of amides is 1. The lowest BCUT2D eigenvalue weighted by Crippen LogP contribution is -2.20.